The van der Waals surface area contributed by atoms with Gasteiger partial charge in [0.2, 0.25) is 5.88 Å². The van der Waals surface area contributed by atoms with Crippen LogP contribution in [0.2, 0.25) is 0 Å². The number of pyridine rings is 2. The maximum absolute atomic E-state index is 13.1. The molecule has 1 fully saturated rings. The van der Waals surface area contributed by atoms with E-state index in [1.807, 2.05) is 56.4 Å². The van der Waals surface area contributed by atoms with Gasteiger partial charge in [0.1, 0.15) is 6.07 Å². The SMILES string of the molecule is CCOc1ncccc1-c1ccc(C2CCN(c3ccc(C(F)(F)F)cc3C#N)CC2N(C)C)cn1. The van der Waals surface area contributed by atoms with Crippen LogP contribution in [0, 0.1) is 11.3 Å². The topological polar surface area (TPSA) is 65.3 Å². The predicted molar refractivity (Wildman–Crippen MR) is 132 cm³/mol. The van der Waals surface area contributed by atoms with Gasteiger partial charge < -0.3 is 14.5 Å². The number of alkyl halides is 3. The molecule has 0 saturated carbocycles. The van der Waals surface area contributed by atoms with Gasteiger partial charge in [-0.1, -0.05) is 6.07 Å². The molecule has 1 aliphatic rings. The Kier molecular flexibility index (Phi) is 7.45. The lowest BCUT2D eigenvalue weighted by Gasteiger charge is -2.43. The Morgan fingerprint density at radius 2 is 1.97 bits per heavy atom. The van der Waals surface area contributed by atoms with Crippen LogP contribution in [0.25, 0.3) is 11.3 Å². The first kappa shape index (κ1) is 25.5. The number of ether oxygens (including phenoxy) is 1. The number of hydrogen-bond acceptors (Lipinski definition) is 6. The van der Waals surface area contributed by atoms with E-state index in [1.165, 1.54) is 6.07 Å². The molecular weight excluding hydrogens is 467 g/mol. The van der Waals surface area contributed by atoms with Crippen molar-refractivity contribution in [3.05, 3.63) is 71.5 Å². The second-order valence-corrected chi connectivity index (χ2v) is 8.98. The van der Waals surface area contributed by atoms with Crippen molar-refractivity contribution < 1.29 is 17.9 Å². The summed E-state index contributed by atoms with van der Waals surface area (Å²) in [5, 5.41) is 9.54. The zero-order valence-electron chi connectivity index (χ0n) is 20.5. The molecule has 4 rings (SSSR count). The quantitative estimate of drug-likeness (QED) is 0.459. The molecule has 9 heteroatoms. The van der Waals surface area contributed by atoms with E-state index in [1.54, 1.807) is 6.20 Å². The second-order valence-electron chi connectivity index (χ2n) is 8.98. The summed E-state index contributed by atoms with van der Waals surface area (Å²) in [5.41, 5.74) is 2.45. The first-order valence-corrected chi connectivity index (χ1v) is 11.8. The summed E-state index contributed by atoms with van der Waals surface area (Å²) in [6.45, 7) is 3.62. The van der Waals surface area contributed by atoms with Gasteiger partial charge in [-0.15, -0.1) is 0 Å². The molecule has 1 saturated heterocycles. The maximum Gasteiger partial charge on any atom is 0.416 e. The van der Waals surface area contributed by atoms with Crippen molar-refractivity contribution in [1.82, 2.24) is 14.9 Å². The normalized spacial score (nSPS) is 18.2. The van der Waals surface area contributed by atoms with E-state index in [0.717, 1.165) is 35.4 Å². The van der Waals surface area contributed by atoms with E-state index < -0.39 is 11.7 Å². The van der Waals surface area contributed by atoms with Crippen LogP contribution in [0.1, 0.15) is 36.0 Å². The van der Waals surface area contributed by atoms with Gasteiger partial charge in [0.15, 0.2) is 0 Å². The van der Waals surface area contributed by atoms with Crippen LogP contribution < -0.4 is 9.64 Å². The minimum Gasteiger partial charge on any atom is -0.477 e. The van der Waals surface area contributed by atoms with Crippen LogP contribution in [-0.2, 0) is 6.18 Å². The zero-order chi connectivity index (χ0) is 25.9. The maximum atomic E-state index is 13.1. The van der Waals surface area contributed by atoms with Gasteiger partial charge in [-0.05, 0) is 69.4 Å². The zero-order valence-corrected chi connectivity index (χ0v) is 20.5. The molecule has 0 bridgehead atoms. The third kappa shape index (κ3) is 5.29. The summed E-state index contributed by atoms with van der Waals surface area (Å²) in [4.78, 5) is 13.1. The predicted octanol–water partition coefficient (Wildman–Crippen LogP) is 5.36. The van der Waals surface area contributed by atoms with Crippen molar-refractivity contribution >= 4 is 5.69 Å². The van der Waals surface area contributed by atoms with Crippen LogP contribution in [0.4, 0.5) is 18.9 Å². The summed E-state index contributed by atoms with van der Waals surface area (Å²) >= 11 is 0. The van der Waals surface area contributed by atoms with E-state index in [-0.39, 0.29) is 17.5 Å². The summed E-state index contributed by atoms with van der Waals surface area (Å²) in [7, 11) is 3.98. The first-order valence-electron chi connectivity index (χ1n) is 11.8. The highest BCUT2D eigenvalue weighted by molar-refractivity contribution is 5.65. The first-order chi connectivity index (χ1) is 17.2. The van der Waals surface area contributed by atoms with Crippen molar-refractivity contribution in [1.29, 1.82) is 5.26 Å². The van der Waals surface area contributed by atoms with Crippen LogP contribution >= 0.6 is 0 Å². The van der Waals surface area contributed by atoms with Gasteiger partial charge in [-0.2, -0.15) is 18.4 Å². The van der Waals surface area contributed by atoms with Crippen LogP contribution in [-0.4, -0.2) is 54.7 Å². The molecule has 6 nitrogen and oxygen atoms in total. The van der Waals surface area contributed by atoms with E-state index in [9.17, 15) is 18.4 Å². The number of halogens is 3. The average molecular weight is 496 g/mol. The molecular formula is C27H28F3N5O. The number of likely N-dealkylation sites (N-methyl/N-ethyl adjacent to an activating group) is 1. The Labute approximate surface area is 209 Å². The minimum atomic E-state index is -4.48. The number of aromatic nitrogens is 2. The van der Waals surface area contributed by atoms with Gasteiger partial charge in [-0.3, -0.25) is 4.98 Å². The Morgan fingerprint density at radius 1 is 1.17 bits per heavy atom. The highest BCUT2D eigenvalue weighted by Crippen LogP contribution is 2.37. The summed E-state index contributed by atoms with van der Waals surface area (Å²) in [6.07, 6.45) is -0.144. The fourth-order valence-corrected chi connectivity index (χ4v) is 4.76. The largest absolute Gasteiger partial charge is 0.477 e. The van der Waals surface area contributed by atoms with Gasteiger partial charge >= 0.3 is 6.18 Å². The van der Waals surface area contributed by atoms with Crippen molar-refractivity contribution in [3.63, 3.8) is 0 Å². The minimum absolute atomic E-state index is 0.0355. The van der Waals surface area contributed by atoms with E-state index in [0.29, 0.717) is 31.3 Å². The Balaban J connectivity index is 1.57. The molecule has 0 radical (unpaired) electrons. The molecule has 0 aliphatic carbocycles. The standard InChI is InChI=1S/C27H28F3N5O/c1-4-36-26-22(6-5-12-32-26)23-9-7-18(16-33-23)21-11-13-35(17-25(21)34(2)3)24-10-8-20(27(28,29)30)14-19(24)15-31/h5-10,12,14,16,21,25H,4,11,13,17H2,1-3H3. The molecule has 36 heavy (non-hydrogen) atoms. The monoisotopic (exact) mass is 495 g/mol. The molecule has 2 atom stereocenters. The molecule has 2 aromatic heterocycles. The molecule has 188 valence electrons. The lowest BCUT2D eigenvalue weighted by atomic mass is 9.84. The van der Waals surface area contributed by atoms with Crippen molar-refractivity contribution in [3.8, 4) is 23.2 Å². The highest BCUT2D eigenvalue weighted by atomic mass is 19.4. The number of anilines is 1. The van der Waals surface area contributed by atoms with Crippen molar-refractivity contribution in [2.45, 2.75) is 31.5 Å². The average Bonchev–Trinajstić information content (AvgIpc) is 2.88. The number of nitrogens with zero attached hydrogens (tertiary/aromatic N) is 5. The fraction of sp³-hybridized carbons (Fsp3) is 0.370. The lowest BCUT2D eigenvalue weighted by Crippen LogP contribution is -2.49. The number of hydrogen-bond donors (Lipinski definition) is 0. The van der Waals surface area contributed by atoms with Crippen molar-refractivity contribution in [2.75, 3.05) is 38.7 Å². The van der Waals surface area contributed by atoms with Crippen LogP contribution in [0.15, 0.2) is 54.9 Å². The van der Waals surface area contributed by atoms with Gasteiger partial charge in [0.25, 0.3) is 0 Å². The number of nitriles is 1. The van der Waals surface area contributed by atoms with Crippen LogP contribution in [0.5, 0.6) is 5.88 Å². The Morgan fingerprint density at radius 3 is 2.61 bits per heavy atom. The Bertz CT molecular complexity index is 1240. The summed E-state index contributed by atoms with van der Waals surface area (Å²) in [5.74, 6) is 0.725. The van der Waals surface area contributed by atoms with E-state index >= 15 is 0 Å². The fourth-order valence-electron chi connectivity index (χ4n) is 4.76. The number of rotatable bonds is 6. The smallest absolute Gasteiger partial charge is 0.416 e. The van der Waals surface area contributed by atoms with Gasteiger partial charge in [0.05, 0.1) is 34.7 Å². The summed E-state index contributed by atoms with van der Waals surface area (Å²) in [6, 6.07) is 13.2. The van der Waals surface area contributed by atoms with Crippen molar-refractivity contribution in [2.24, 2.45) is 0 Å². The Hall–Kier alpha value is -3.64. The molecule has 3 heterocycles. The molecule has 1 aliphatic heterocycles. The van der Waals surface area contributed by atoms with E-state index in [4.69, 9.17) is 9.72 Å². The molecule has 2 unspecified atom stereocenters. The number of benzene rings is 1. The molecule has 0 amide bonds. The third-order valence-corrected chi connectivity index (χ3v) is 6.57. The molecule has 0 spiro atoms. The van der Waals surface area contributed by atoms with Gasteiger partial charge in [0, 0.05) is 37.4 Å². The molecule has 1 aromatic carbocycles. The third-order valence-electron chi connectivity index (χ3n) is 6.57. The van der Waals surface area contributed by atoms with Crippen LogP contribution in [0.3, 0.4) is 0 Å². The lowest BCUT2D eigenvalue weighted by molar-refractivity contribution is -0.137. The van der Waals surface area contributed by atoms with E-state index in [2.05, 4.69) is 16.0 Å². The number of piperidine rings is 1. The second kappa shape index (κ2) is 10.5. The highest BCUT2D eigenvalue weighted by Gasteiger charge is 2.35. The summed E-state index contributed by atoms with van der Waals surface area (Å²) < 4.78 is 45.0. The van der Waals surface area contributed by atoms with Gasteiger partial charge in [-0.25, -0.2) is 4.98 Å². The molecule has 0 N–H and O–H groups in total. The molecule has 3 aromatic rings.